The van der Waals surface area contributed by atoms with Crippen molar-refractivity contribution in [1.29, 1.82) is 0 Å². The number of carbonyl (C=O) groups is 1. The van der Waals surface area contributed by atoms with Crippen molar-refractivity contribution in [3.05, 3.63) is 5.01 Å². The van der Waals surface area contributed by atoms with E-state index in [1.807, 2.05) is 20.8 Å². The molecule has 0 aliphatic heterocycles. The molecule has 1 aromatic heterocycles. The fraction of sp³-hybridized carbons (Fsp3) is 0.667. The Kier molecular flexibility index (Phi) is 5.05. The smallest absolute Gasteiger partial charge is 0.413 e. The van der Waals surface area contributed by atoms with Gasteiger partial charge in [-0.25, -0.2) is 4.79 Å². The van der Waals surface area contributed by atoms with Crippen molar-refractivity contribution in [2.75, 3.05) is 11.9 Å². The van der Waals surface area contributed by atoms with Gasteiger partial charge in [-0.15, -0.1) is 10.2 Å². The van der Waals surface area contributed by atoms with E-state index in [1.165, 1.54) is 11.3 Å². The maximum absolute atomic E-state index is 11.3. The summed E-state index contributed by atoms with van der Waals surface area (Å²) in [5.41, 5.74) is -0.126. The van der Waals surface area contributed by atoms with E-state index in [9.17, 15) is 4.79 Å². The molecule has 0 bridgehead atoms. The molecule has 0 spiro atoms. The number of halogens is 3. The summed E-state index contributed by atoms with van der Waals surface area (Å²) in [5.74, 6) is 0. The molecule has 18 heavy (non-hydrogen) atoms. The second kappa shape index (κ2) is 5.77. The Morgan fingerprint density at radius 1 is 1.33 bits per heavy atom. The van der Waals surface area contributed by atoms with Crippen LogP contribution in [0, 0.1) is 0 Å². The molecule has 0 aliphatic carbocycles. The van der Waals surface area contributed by atoms with E-state index in [-0.39, 0.29) is 12.0 Å². The van der Waals surface area contributed by atoms with E-state index in [2.05, 4.69) is 15.5 Å². The monoisotopic (exact) mass is 331 g/mol. The maximum atomic E-state index is 11.3. The predicted octanol–water partition coefficient (Wildman–Crippen LogP) is 3.75. The fourth-order valence-corrected chi connectivity index (χ4v) is 1.80. The minimum atomic E-state index is -1.63. The lowest BCUT2D eigenvalue weighted by Crippen LogP contribution is -2.21. The third-order valence-corrected chi connectivity index (χ3v) is 3.23. The summed E-state index contributed by atoms with van der Waals surface area (Å²) in [6, 6.07) is 0. The molecule has 1 amide bonds. The van der Waals surface area contributed by atoms with Crippen LogP contribution in [0.1, 0.15) is 25.8 Å². The van der Waals surface area contributed by atoms with Gasteiger partial charge in [-0.3, -0.25) is 5.32 Å². The largest absolute Gasteiger partial charge is 0.445 e. The van der Waals surface area contributed by atoms with Crippen molar-refractivity contribution >= 4 is 57.4 Å². The molecule has 0 saturated heterocycles. The highest BCUT2D eigenvalue weighted by Crippen LogP contribution is 2.28. The minimum Gasteiger partial charge on any atom is -0.445 e. The first-order valence-electron chi connectivity index (χ1n) is 4.92. The predicted molar refractivity (Wildman–Crippen MR) is 73.9 cm³/mol. The maximum Gasteiger partial charge on any atom is 0.413 e. The summed E-state index contributed by atoms with van der Waals surface area (Å²) in [4.78, 5) is 11.3. The van der Waals surface area contributed by atoms with Gasteiger partial charge in [-0.05, 0) is 0 Å². The Hall–Kier alpha value is -0.300. The number of ether oxygens (including phenoxy) is 1. The molecule has 0 atom stereocenters. The van der Waals surface area contributed by atoms with Crippen LogP contribution < -0.4 is 5.32 Å². The molecule has 9 heteroatoms. The summed E-state index contributed by atoms with van der Waals surface area (Å²) in [7, 11) is 0. The third-order valence-electron chi connectivity index (χ3n) is 1.64. The number of nitrogens with one attached hydrogen (secondary N) is 1. The first-order chi connectivity index (χ1) is 8.08. The second-order valence-corrected chi connectivity index (χ2v) is 7.97. The zero-order valence-electron chi connectivity index (χ0n) is 9.96. The van der Waals surface area contributed by atoms with Crippen LogP contribution >= 0.6 is 46.1 Å². The number of amides is 1. The van der Waals surface area contributed by atoms with Gasteiger partial charge in [0.05, 0.1) is 0 Å². The zero-order valence-corrected chi connectivity index (χ0v) is 13.0. The van der Waals surface area contributed by atoms with E-state index in [1.54, 1.807) is 0 Å². The van der Waals surface area contributed by atoms with E-state index in [4.69, 9.17) is 39.5 Å². The van der Waals surface area contributed by atoms with Crippen LogP contribution in [0.4, 0.5) is 9.93 Å². The molecule has 1 rings (SSSR count). The van der Waals surface area contributed by atoms with Crippen molar-refractivity contribution in [3.8, 4) is 0 Å². The molecule has 1 heterocycles. The lowest BCUT2D eigenvalue weighted by molar-refractivity contribution is 0.164. The summed E-state index contributed by atoms with van der Waals surface area (Å²) in [6.45, 7) is 5.66. The first-order valence-corrected chi connectivity index (χ1v) is 6.87. The molecule has 1 N–H and O–H groups in total. The van der Waals surface area contributed by atoms with E-state index in [0.717, 1.165) is 5.01 Å². The molecule has 102 valence electrons. The number of hydrogen-bond donors (Lipinski definition) is 1. The fourth-order valence-electron chi connectivity index (χ4n) is 0.848. The number of anilines is 1. The topological polar surface area (TPSA) is 64.1 Å². The zero-order chi connectivity index (χ0) is 14.0. The summed E-state index contributed by atoms with van der Waals surface area (Å²) >= 11 is 17.6. The van der Waals surface area contributed by atoms with Gasteiger partial charge in [-0.2, -0.15) is 0 Å². The quantitative estimate of drug-likeness (QED) is 0.838. The van der Waals surface area contributed by atoms with Crippen molar-refractivity contribution in [3.63, 3.8) is 0 Å². The number of aromatic nitrogens is 2. The Labute approximate surface area is 124 Å². The lowest BCUT2D eigenvalue weighted by atomic mass is 9.98. The minimum absolute atomic E-state index is 0.126. The molecule has 0 unspecified atom stereocenters. The van der Waals surface area contributed by atoms with Gasteiger partial charge >= 0.3 is 6.09 Å². The average molecular weight is 333 g/mol. The standard InChI is InChI=1S/C9H12Cl3N3O2S/c1-8(2,3)5-14-15-6(18-5)13-7(16)17-4-9(10,11)12/h4H2,1-3H3,(H,13,15,16). The highest BCUT2D eigenvalue weighted by atomic mass is 35.6. The molecular weight excluding hydrogens is 321 g/mol. The van der Waals surface area contributed by atoms with Crippen molar-refractivity contribution in [2.45, 2.75) is 30.0 Å². The molecule has 5 nitrogen and oxygen atoms in total. The van der Waals surface area contributed by atoms with Crippen LogP contribution in [0.25, 0.3) is 0 Å². The first kappa shape index (κ1) is 15.8. The molecule has 0 fully saturated rings. The Morgan fingerprint density at radius 3 is 2.39 bits per heavy atom. The molecule has 0 aromatic carbocycles. The highest BCUT2D eigenvalue weighted by molar-refractivity contribution is 7.15. The Morgan fingerprint density at radius 2 is 1.94 bits per heavy atom. The summed E-state index contributed by atoms with van der Waals surface area (Å²) < 4.78 is 3.07. The molecule has 0 saturated carbocycles. The van der Waals surface area contributed by atoms with Gasteiger partial charge in [0.25, 0.3) is 0 Å². The van der Waals surface area contributed by atoms with Gasteiger partial charge in [0, 0.05) is 5.41 Å². The number of rotatable bonds is 2. The van der Waals surface area contributed by atoms with Crippen molar-refractivity contribution in [1.82, 2.24) is 10.2 Å². The summed E-state index contributed by atoms with van der Waals surface area (Å²) in [5, 5.41) is 11.4. The Balaban J connectivity index is 2.53. The van der Waals surface area contributed by atoms with Crippen LogP contribution in [-0.2, 0) is 10.2 Å². The van der Waals surface area contributed by atoms with Gasteiger partial charge in [0.2, 0.25) is 8.92 Å². The SMILES string of the molecule is CC(C)(C)c1nnc(NC(=O)OCC(Cl)(Cl)Cl)s1. The van der Waals surface area contributed by atoms with Crippen LogP contribution in [0.3, 0.4) is 0 Å². The van der Waals surface area contributed by atoms with Crippen LogP contribution in [0.15, 0.2) is 0 Å². The van der Waals surface area contributed by atoms with Crippen LogP contribution in [0.2, 0.25) is 0 Å². The Bertz CT molecular complexity index is 425. The van der Waals surface area contributed by atoms with Gasteiger partial charge < -0.3 is 4.74 Å². The lowest BCUT2D eigenvalue weighted by Gasteiger charge is -2.12. The molecular formula is C9H12Cl3N3O2S. The van der Waals surface area contributed by atoms with Gasteiger partial charge in [0.1, 0.15) is 11.6 Å². The van der Waals surface area contributed by atoms with Gasteiger partial charge in [-0.1, -0.05) is 66.9 Å². The second-order valence-electron chi connectivity index (χ2n) is 4.48. The molecule has 1 aromatic rings. The van der Waals surface area contributed by atoms with E-state index >= 15 is 0 Å². The number of alkyl halides is 3. The van der Waals surface area contributed by atoms with E-state index < -0.39 is 9.89 Å². The third kappa shape index (κ3) is 5.56. The molecule has 0 radical (unpaired) electrons. The number of nitrogens with zero attached hydrogens (tertiary/aromatic N) is 2. The van der Waals surface area contributed by atoms with Crippen molar-refractivity contribution in [2.24, 2.45) is 0 Å². The normalized spacial score (nSPS) is 12.3. The average Bonchev–Trinajstić information content (AvgIpc) is 2.61. The number of hydrogen-bond acceptors (Lipinski definition) is 5. The van der Waals surface area contributed by atoms with Crippen LogP contribution in [-0.4, -0.2) is 26.7 Å². The number of carbonyl (C=O) groups excluding carboxylic acids is 1. The van der Waals surface area contributed by atoms with Gasteiger partial charge in [0.15, 0.2) is 0 Å². The van der Waals surface area contributed by atoms with E-state index in [0.29, 0.717) is 5.13 Å². The molecule has 0 aliphatic rings. The summed E-state index contributed by atoms with van der Waals surface area (Å²) in [6.07, 6.45) is -0.738. The van der Waals surface area contributed by atoms with Crippen molar-refractivity contribution < 1.29 is 9.53 Å². The highest BCUT2D eigenvalue weighted by Gasteiger charge is 2.23. The van der Waals surface area contributed by atoms with Crippen LogP contribution in [0.5, 0.6) is 0 Å².